The topological polar surface area (TPSA) is 88.8 Å². The first-order chi connectivity index (χ1) is 23.7. The summed E-state index contributed by atoms with van der Waals surface area (Å²) in [4.78, 5) is 42.3. The molecular weight excluding hydrogens is 612 g/mol. The predicted octanol–water partition coefficient (Wildman–Crippen LogP) is 7.89. The second kappa shape index (κ2) is 13.9. The number of ketones is 1. The second-order valence-electron chi connectivity index (χ2n) is 15.7. The summed E-state index contributed by atoms with van der Waals surface area (Å²) in [6, 6.07) is 18.4. The van der Waals surface area contributed by atoms with Gasteiger partial charge in [-0.1, -0.05) is 69.2 Å². The maximum Gasteiger partial charge on any atom is 0.274 e. The van der Waals surface area contributed by atoms with Crippen LogP contribution in [0.3, 0.4) is 0 Å². The van der Waals surface area contributed by atoms with Crippen LogP contribution in [0.5, 0.6) is 5.75 Å². The van der Waals surface area contributed by atoms with Gasteiger partial charge < -0.3 is 19.3 Å². The molecule has 4 aliphatic rings. The normalized spacial score (nSPS) is 22.8. The fraction of sp³-hybridized carbons (Fsp3) is 0.548. The molecule has 7 rings (SSSR count). The molecule has 7 heteroatoms. The maximum absolute atomic E-state index is 14.3. The molecule has 2 aliphatic heterocycles. The number of carbonyl (C=O) groups excluding carboxylic acids is 2. The number of amides is 1. The SMILES string of the molecule is CCc1ccc2c(c1)C(C)(CC[C@@H](O)[C@@H](CC(=O)c1cc(N3CCCC3=O)c(=O)n(C3CCCC3)c1)Cc1ccccc1)CC1(CCC1)O2. The van der Waals surface area contributed by atoms with E-state index in [9.17, 15) is 19.5 Å². The van der Waals surface area contributed by atoms with E-state index in [1.54, 1.807) is 21.7 Å². The van der Waals surface area contributed by atoms with Crippen molar-refractivity contribution in [1.82, 2.24) is 4.57 Å². The summed E-state index contributed by atoms with van der Waals surface area (Å²) in [5.41, 5.74) is 3.96. The van der Waals surface area contributed by atoms with Gasteiger partial charge in [0, 0.05) is 48.2 Å². The standard InChI is InChI=1S/C42H52N2O5/c1-3-29-16-17-38-34(24-29)41(2,28-42(49-38)19-10-20-42)21-18-36(45)31(23-30-11-5-4-6-12-30)26-37(46)32-25-35(43-22-9-15-39(43)47)40(48)44(27-32)33-13-7-8-14-33/h4-6,11-12,16-17,24-25,27,31,33,36,45H,3,7-10,13-15,18-23,26,28H2,1-2H3/t31-,36-,41?/m1/s1. The molecule has 1 amide bonds. The first kappa shape index (κ1) is 33.8. The van der Waals surface area contributed by atoms with Gasteiger partial charge >= 0.3 is 0 Å². The number of anilines is 1. The van der Waals surface area contributed by atoms with Gasteiger partial charge in [-0.25, -0.2) is 0 Å². The predicted molar refractivity (Wildman–Crippen MR) is 193 cm³/mol. The molecule has 0 radical (unpaired) electrons. The Bertz CT molecular complexity index is 1740. The largest absolute Gasteiger partial charge is 0.487 e. The molecule has 2 aromatic carbocycles. The molecule has 2 saturated carbocycles. The van der Waals surface area contributed by atoms with E-state index in [0.717, 1.165) is 69.1 Å². The van der Waals surface area contributed by atoms with E-state index in [1.807, 2.05) is 18.2 Å². The van der Waals surface area contributed by atoms with Crippen LogP contribution in [-0.2, 0) is 23.1 Å². The number of aryl methyl sites for hydroxylation is 1. The Morgan fingerprint density at radius 3 is 2.45 bits per heavy atom. The average molecular weight is 665 g/mol. The zero-order valence-electron chi connectivity index (χ0n) is 29.3. The van der Waals surface area contributed by atoms with Gasteiger partial charge in [-0.2, -0.15) is 0 Å². The smallest absolute Gasteiger partial charge is 0.274 e. The molecule has 1 saturated heterocycles. The summed E-state index contributed by atoms with van der Waals surface area (Å²) < 4.78 is 8.37. The Hall–Kier alpha value is -3.71. The molecule has 3 aromatic rings. The maximum atomic E-state index is 14.3. The zero-order chi connectivity index (χ0) is 34.2. The van der Waals surface area contributed by atoms with E-state index in [0.29, 0.717) is 43.5 Å². The van der Waals surface area contributed by atoms with Crippen LogP contribution in [0.1, 0.15) is 130 Å². The second-order valence-corrected chi connectivity index (χ2v) is 15.7. The van der Waals surface area contributed by atoms with Crippen molar-refractivity contribution in [3.63, 3.8) is 0 Å². The van der Waals surface area contributed by atoms with Crippen molar-refractivity contribution in [3.05, 3.63) is 93.4 Å². The van der Waals surface area contributed by atoms with Crippen LogP contribution in [-0.4, -0.2) is 39.6 Å². The highest BCUT2D eigenvalue weighted by Crippen LogP contribution is 2.54. The Labute approximate surface area is 290 Å². The lowest BCUT2D eigenvalue weighted by atomic mass is 9.62. The third-order valence-electron chi connectivity index (χ3n) is 12.2. The number of rotatable bonds is 12. The molecule has 0 bridgehead atoms. The number of aliphatic hydroxyl groups excluding tert-OH is 1. The van der Waals surface area contributed by atoms with Crippen LogP contribution in [0.25, 0.3) is 0 Å². The molecule has 260 valence electrons. The molecule has 2 aliphatic carbocycles. The highest BCUT2D eigenvalue weighted by Gasteiger charge is 2.50. The number of aliphatic hydroxyl groups is 1. The Morgan fingerprint density at radius 1 is 1.00 bits per heavy atom. The van der Waals surface area contributed by atoms with Gasteiger partial charge in [0.05, 0.1) is 6.10 Å². The van der Waals surface area contributed by atoms with E-state index in [2.05, 4.69) is 44.2 Å². The quantitative estimate of drug-likeness (QED) is 0.199. The molecular formula is C42H52N2O5. The third kappa shape index (κ3) is 6.88. The van der Waals surface area contributed by atoms with Crippen LogP contribution in [0.4, 0.5) is 5.69 Å². The van der Waals surface area contributed by atoms with Crippen molar-refractivity contribution < 1.29 is 19.4 Å². The monoisotopic (exact) mass is 664 g/mol. The minimum absolute atomic E-state index is 0.0395. The fourth-order valence-electron chi connectivity index (χ4n) is 9.11. The van der Waals surface area contributed by atoms with Crippen LogP contribution < -0.4 is 15.2 Å². The summed E-state index contributed by atoms with van der Waals surface area (Å²) in [6.45, 7) is 5.02. The van der Waals surface area contributed by atoms with Crippen LogP contribution >= 0.6 is 0 Å². The number of carbonyl (C=O) groups is 2. The van der Waals surface area contributed by atoms with Gasteiger partial charge in [0.2, 0.25) is 5.91 Å². The van der Waals surface area contributed by atoms with E-state index >= 15 is 0 Å². The van der Waals surface area contributed by atoms with E-state index in [-0.39, 0.29) is 46.6 Å². The van der Waals surface area contributed by atoms with Crippen molar-refractivity contribution >= 4 is 17.4 Å². The van der Waals surface area contributed by atoms with Gasteiger partial charge in [-0.15, -0.1) is 0 Å². The molecule has 3 atom stereocenters. The Morgan fingerprint density at radius 2 is 1.78 bits per heavy atom. The fourth-order valence-corrected chi connectivity index (χ4v) is 9.11. The number of hydrogen-bond acceptors (Lipinski definition) is 5. The Kier molecular flexibility index (Phi) is 9.58. The number of hydrogen-bond donors (Lipinski definition) is 1. The molecule has 1 N–H and O–H groups in total. The number of Topliss-reactive ketones (excluding diaryl/α,β-unsaturated/α-hetero) is 1. The van der Waals surface area contributed by atoms with Crippen molar-refractivity contribution in [2.75, 3.05) is 11.4 Å². The molecule has 1 unspecified atom stereocenters. The van der Waals surface area contributed by atoms with Crippen molar-refractivity contribution in [3.8, 4) is 5.75 Å². The van der Waals surface area contributed by atoms with Crippen LogP contribution in [0.2, 0.25) is 0 Å². The number of ether oxygens (including phenoxy) is 1. The minimum atomic E-state index is -0.695. The summed E-state index contributed by atoms with van der Waals surface area (Å²) in [5.74, 6) is 0.528. The zero-order valence-corrected chi connectivity index (χ0v) is 29.3. The van der Waals surface area contributed by atoms with Gasteiger partial charge in [-0.05, 0) is 99.8 Å². The van der Waals surface area contributed by atoms with Crippen molar-refractivity contribution in [1.29, 1.82) is 0 Å². The van der Waals surface area contributed by atoms with Gasteiger partial charge in [0.1, 0.15) is 17.0 Å². The van der Waals surface area contributed by atoms with Gasteiger partial charge in [0.25, 0.3) is 5.56 Å². The number of pyridine rings is 1. The lowest BCUT2D eigenvalue weighted by Gasteiger charge is -2.52. The molecule has 1 aromatic heterocycles. The number of nitrogens with zero attached hydrogens (tertiary/aromatic N) is 2. The third-order valence-corrected chi connectivity index (χ3v) is 12.2. The van der Waals surface area contributed by atoms with Gasteiger partial charge in [-0.3, -0.25) is 14.4 Å². The van der Waals surface area contributed by atoms with Crippen LogP contribution in [0.15, 0.2) is 65.6 Å². The number of benzene rings is 2. The number of aromatic nitrogens is 1. The van der Waals surface area contributed by atoms with E-state index < -0.39 is 6.10 Å². The van der Waals surface area contributed by atoms with E-state index in [4.69, 9.17) is 4.74 Å². The lowest BCUT2D eigenvalue weighted by Crippen LogP contribution is -2.51. The molecule has 1 spiro atoms. The van der Waals surface area contributed by atoms with E-state index in [1.165, 1.54) is 17.5 Å². The van der Waals surface area contributed by atoms with Crippen molar-refractivity contribution in [2.24, 2.45) is 5.92 Å². The highest BCUT2D eigenvalue weighted by molar-refractivity contribution is 5.99. The summed E-state index contributed by atoms with van der Waals surface area (Å²) in [7, 11) is 0. The summed E-state index contributed by atoms with van der Waals surface area (Å²) >= 11 is 0. The summed E-state index contributed by atoms with van der Waals surface area (Å²) in [5, 5.41) is 12.0. The molecule has 3 fully saturated rings. The van der Waals surface area contributed by atoms with Gasteiger partial charge in [0.15, 0.2) is 5.78 Å². The Balaban J connectivity index is 1.16. The first-order valence-corrected chi connectivity index (χ1v) is 18.8. The van der Waals surface area contributed by atoms with Crippen molar-refractivity contribution in [2.45, 2.75) is 133 Å². The molecule has 49 heavy (non-hydrogen) atoms. The minimum Gasteiger partial charge on any atom is -0.487 e. The average Bonchev–Trinajstić information content (AvgIpc) is 3.79. The summed E-state index contributed by atoms with van der Waals surface area (Å²) in [6.07, 6.45) is 13.4. The highest BCUT2D eigenvalue weighted by atomic mass is 16.5. The lowest BCUT2D eigenvalue weighted by molar-refractivity contribution is -0.117. The van der Waals surface area contributed by atoms with Crippen LogP contribution in [0, 0.1) is 5.92 Å². The molecule has 3 heterocycles. The first-order valence-electron chi connectivity index (χ1n) is 18.8. The number of fused-ring (bicyclic) bond motifs is 1. The molecule has 7 nitrogen and oxygen atoms in total.